The highest BCUT2D eigenvalue weighted by molar-refractivity contribution is 5.27. The Bertz CT molecular complexity index is 385. The number of hydrogen-bond acceptors (Lipinski definition) is 1. The maximum absolute atomic E-state index is 6.10. The van der Waals surface area contributed by atoms with Crippen LogP contribution in [0.15, 0.2) is 24.3 Å². The van der Waals surface area contributed by atoms with Gasteiger partial charge >= 0.3 is 0 Å². The van der Waals surface area contributed by atoms with Gasteiger partial charge < -0.3 is 5.73 Å². The Kier molecular flexibility index (Phi) is 3.82. The Morgan fingerprint density at radius 1 is 1.11 bits per heavy atom. The van der Waals surface area contributed by atoms with Gasteiger partial charge in [-0.25, -0.2) is 0 Å². The van der Waals surface area contributed by atoms with Gasteiger partial charge in [0, 0.05) is 6.04 Å². The highest BCUT2D eigenvalue weighted by atomic mass is 14.7. The summed E-state index contributed by atoms with van der Waals surface area (Å²) in [5.41, 5.74) is 9.24. The van der Waals surface area contributed by atoms with Crippen LogP contribution in [0.4, 0.5) is 0 Å². The molecule has 1 aliphatic carbocycles. The van der Waals surface area contributed by atoms with E-state index in [1.54, 1.807) is 0 Å². The molecular formula is C17H27N. The summed E-state index contributed by atoms with van der Waals surface area (Å²) in [6, 6.07) is 9.60. The number of benzene rings is 1. The van der Waals surface area contributed by atoms with Crippen LogP contribution in [0, 0.1) is 11.8 Å². The molecule has 1 saturated carbocycles. The van der Waals surface area contributed by atoms with Crippen molar-refractivity contribution in [3.8, 4) is 0 Å². The third-order valence-electron chi connectivity index (χ3n) is 4.61. The molecule has 0 spiro atoms. The number of rotatable bonds is 2. The van der Waals surface area contributed by atoms with Crippen LogP contribution in [0.25, 0.3) is 0 Å². The van der Waals surface area contributed by atoms with E-state index >= 15 is 0 Å². The van der Waals surface area contributed by atoms with Gasteiger partial charge in [-0.2, -0.15) is 0 Å². The first kappa shape index (κ1) is 13.6. The summed E-state index contributed by atoms with van der Waals surface area (Å²) < 4.78 is 0. The first-order chi connectivity index (χ1) is 8.38. The zero-order valence-electron chi connectivity index (χ0n) is 12.2. The van der Waals surface area contributed by atoms with Gasteiger partial charge in [0.25, 0.3) is 0 Å². The summed E-state index contributed by atoms with van der Waals surface area (Å²) in [6.45, 7) is 9.10. The van der Waals surface area contributed by atoms with Gasteiger partial charge in [0.2, 0.25) is 0 Å². The van der Waals surface area contributed by atoms with Crippen molar-refractivity contribution in [3.05, 3.63) is 35.4 Å². The Balaban J connectivity index is 2.03. The Labute approximate surface area is 112 Å². The maximum Gasteiger partial charge on any atom is 0.00673 e. The van der Waals surface area contributed by atoms with E-state index in [0.29, 0.717) is 12.0 Å². The summed E-state index contributed by atoms with van der Waals surface area (Å²) in [4.78, 5) is 0. The monoisotopic (exact) mass is 245 g/mol. The van der Waals surface area contributed by atoms with Crippen molar-refractivity contribution in [2.24, 2.45) is 17.6 Å². The average Bonchev–Trinajstić information content (AvgIpc) is 2.61. The van der Waals surface area contributed by atoms with Gasteiger partial charge in [-0.15, -0.1) is 0 Å². The smallest absolute Gasteiger partial charge is 0.00673 e. The van der Waals surface area contributed by atoms with Crippen LogP contribution < -0.4 is 5.73 Å². The second-order valence-electron chi connectivity index (χ2n) is 7.01. The minimum Gasteiger partial charge on any atom is -0.327 e. The Morgan fingerprint density at radius 3 is 2.17 bits per heavy atom. The minimum atomic E-state index is 0.252. The fourth-order valence-corrected chi connectivity index (χ4v) is 3.01. The lowest BCUT2D eigenvalue weighted by Crippen LogP contribution is -2.25. The molecule has 1 aromatic rings. The van der Waals surface area contributed by atoms with Gasteiger partial charge in [0.15, 0.2) is 0 Å². The fraction of sp³-hybridized carbons (Fsp3) is 0.647. The van der Waals surface area contributed by atoms with Crippen molar-refractivity contribution in [1.29, 1.82) is 0 Å². The summed E-state index contributed by atoms with van der Waals surface area (Å²) in [6.07, 6.45) is 3.69. The zero-order chi connectivity index (χ0) is 13.3. The van der Waals surface area contributed by atoms with Gasteiger partial charge in [0.05, 0.1) is 0 Å². The van der Waals surface area contributed by atoms with Crippen LogP contribution in [-0.4, -0.2) is 6.04 Å². The lowest BCUT2D eigenvalue weighted by molar-refractivity contribution is 0.390. The number of nitrogens with two attached hydrogens (primary N) is 1. The van der Waals surface area contributed by atoms with E-state index < -0.39 is 0 Å². The molecule has 2 N–H and O–H groups in total. The summed E-state index contributed by atoms with van der Waals surface area (Å²) in [5, 5.41) is 0. The van der Waals surface area contributed by atoms with Gasteiger partial charge in [-0.05, 0) is 47.6 Å². The van der Waals surface area contributed by atoms with Gasteiger partial charge in [-0.1, -0.05) is 52.0 Å². The highest BCUT2D eigenvalue weighted by Crippen LogP contribution is 2.33. The van der Waals surface area contributed by atoms with E-state index in [0.717, 1.165) is 5.92 Å². The molecule has 0 saturated heterocycles. The maximum atomic E-state index is 6.10. The molecule has 2 rings (SSSR count). The van der Waals surface area contributed by atoms with Crippen LogP contribution in [-0.2, 0) is 11.8 Å². The Morgan fingerprint density at radius 2 is 1.72 bits per heavy atom. The summed E-state index contributed by atoms with van der Waals surface area (Å²) in [5.74, 6) is 1.45. The third kappa shape index (κ3) is 2.95. The molecule has 18 heavy (non-hydrogen) atoms. The second kappa shape index (κ2) is 5.05. The van der Waals surface area contributed by atoms with Crippen molar-refractivity contribution in [2.45, 2.75) is 58.4 Å². The average molecular weight is 245 g/mol. The largest absolute Gasteiger partial charge is 0.327 e. The van der Waals surface area contributed by atoms with Gasteiger partial charge in [0.1, 0.15) is 0 Å². The molecule has 0 bridgehead atoms. The molecule has 1 fully saturated rings. The van der Waals surface area contributed by atoms with Crippen molar-refractivity contribution < 1.29 is 0 Å². The molecule has 1 heteroatoms. The zero-order valence-corrected chi connectivity index (χ0v) is 12.2. The predicted molar refractivity (Wildman–Crippen MR) is 78.7 cm³/mol. The van der Waals surface area contributed by atoms with Crippen LogP contribution in [0.1, 0.15) is 51.7 Å². The van der Waals surface area contributed by atoms with Crippen LogP contribution in [0.3, 0.4) is 0 Å². The van der Waals surface area contributed by atoms with Crippen molar-refractivity contribution in [2.75, 3.05) is 0 Å². The summed E-state index contributed by atoms with van der Waals surface area (Å²) >= 11 is 0. The topological polar surface area (TPSA) is 26.0 Å². The van der Waals surface area contributed by atoms with Crippen molar-refractivity contribution in [1.82, 2.24) is 0 Å². The lowest BCUT2D eigenvalue weighted by atomic mass is 9.85. The Hall–Kier alpha value is -0.820. The van der Waals surface area contributed by atoms with Crippen molar-refractivity contribution in [3.63, 3.8) is 0 Å². The third-order valence-corrected chi connectivity index (χ3v) is 4.61. The van der Waals surface area contributed by atoms with E-state index in [9.17, 15) is 0 Å². The van der Waals surface area contributed by atoms with E-state index in [4.69, 9.17) is 5.73 Å². The van der Waals surface area contributed by atoms with Crippen molar-refractivity contribution >= 4 is 0 Å². The molecule has 0 radical (unpaired) electrons. The highest BCUT2D eigenvalue weighted by Gasteiger charge is 2.30. The normalized spacial score (nSPS) is 28.6. The van der Waals surface area contributed by atoms with E-state index in [1.807, 2.05) is 0 Å². The quantitative estimate of drug-likeness (QED) is 0.840. The SMILES string of the molecule is CC1C(N)CCC1Cc1ccc(C(C)(C)C)cc1. The van der Waals surface area contributed by atoms with E-state index in [1.165, 1.54) is 30.4 Å². The number of hydrogen-bond donors (Lipinski definition) is 1. The minimum absolute atomic E-state index is 0.252. The molecule has 1 nitrogen and oxygen atoms in total. The van der Waals surface area contributed by atoms with E-state index in [2.05, 4.69) is 52.0 Å². The van der Waals surface area contributed by atoms with Crippen LogP contribution in [0.5, 0.6) is 0 Å². The molecule has 1 aliphatic rings. The first-order valence-corrected chi connectivity index (χ1v) is 7.23. The first-order valence-electron chi connectivity index (χ1n) is 7.23. The summed E-state index contributed by atoms with van der Waals surface area (Å²) in [7, 11) is 0. The predicted octanol–water partition coefficient (Wildman–Crippen LogP) is 3.90. The molecule has 0 heterocycles. The molecule has 3 atom stereocenters. The molecule has 0 amide bonds. The van der Waals surface area contributed by atoms with E-state index in [-0.39, 0.29) is 5.41 Å². The fourth-order valence-electron chi connectivity index (χ4n) is 3.01. The standard InChI is InChI=1S/C17H27N/c1-12-14(7-10-16(12)18)11-13-5-8-15(9-6-13)17(2,3)4/h5-6,8-9,12,14,16H,7,10-11,18H2,1-4H3. The van der Waals surface area contributed by atoms with Crippen LogP contribution >= 0.6 is 0 Å². The second-order valence-corrected chi connectivity index (χ2v) is 7.01. The lowest BCUT2D eigenvalue weighted by Gasteiger charge is -2.21. The molecular weight excluding hydrogens is 218 g/mol. The van der Waals surface area contributed by atoms with Crippen LogP contribution in [0.2, 0.25) is 0 Å². The molecule has 1 aromatic carbocycles. The molecule has 100 valence electrons. The molecule has 0 aromatic heterocycles. The van der Waals surface area contributed by atoms with Gasteiger partial charge in [-0.3, -0.25) is 0 Å². The molecule has 3 unspecified atom stereocenters. The molecule has 0 aliphatic heterocycles.